The number of carbonyl (C=O) groups is 2. The van der Waals surface area contributed by atoms with E-state index >= 15 is 0 Å². The molecule has 0 bridgehead atoms. The van der Waals surface area contributed by atoms with Crippen molar-refractivity contribution in [3.05, 3.63) is 90.0 Å². The van der Waals surface area contributed by atoms with Crippen molar-refractivity contribution in [3.8, 4) is 17.0 Å². The number of amides is 2. The molecular weight excluding hydrogens is 488 g/mol. The van der Waals surface area contributed by atoms with Crippen molar-refractivity contribution >= 4 is 28.9 Å². The SMILES string of the molecule is CC1CCCC(C)N1C(=O)COc1ccc(C(=O)N/N=C/c2c(-c3ccccc3)n(C)c3ccccc23)cc1. The van der Waals surface area contributed by atoms with Crippen LogP contribution in [-0.2, 0) is 11.8 Å². The predicted octanol–water partition coefficient (Wildman–Crippen LogP) is 5.78. The summed E-state index contributed by atoms with van der Waals surface area (Å²) in [5.41, 5.74) is 7.21. The lowest BCUT2D eigenvalue weighted by molar-refractivity contribution is -0.139. The third-order valence-electron chi connectivity index (χ3n) is 7.51. The van der Waals surface area contributed by atoms with E-state index < -0.39 is 0 Å². The smallest absolute Gasteiger partial charge is 0.271 e. The number of piperidine rings is 1. The van der Waals surface area contributed by atoms with Gasteiger partial charge >= 0.3 is 0 Å². The van der Waals surface area contributed by atoms with Gasteiger partial charge in [0.15, 0.2) is 6.61 Å². The average molecular weight is 523 g/mol. The second-order valence-corrected chi connectivity index (χ2v) is 10.1. The van der Waals surface area contributed by atoms with Gasteiger partial charge in [-0.2, -0.15) is 5.10 Å². The molecule has 4 aromatic rings. The van der Waals surface area contributed by atoms with Gasteiger partial charge in [-0.3, -0.25) is 9.59 Å². The number of nitrogens with one attached hydrogen (secondary N) is 1. The summed E-state index contributed by atoms with van der Waals surface area (Å²) in [7, 11) is 2.03. The van der Waals surface area contributed by atoms with Crippen molar-refractivity contribution in [1.82, 2.24) is 14.9 Å². The van der Waals surface area contributed by atoms with Crippen LogP contribution in [0.25, 0.3) is 22.2 Å². The third-order valence-corrected chi connectivity index (χ3v) is 7.51. The number of nitrogens with zero attached hydrogens (tertiary/aromatic N) is 3. The summed E-state index contributed by atoms with van der Waals surface area (Å²) in [5.74, 6) is 0.212. The molecule has 2 heterocycles. The minimum absolute atomic E-state index is 0.00540. The molecule has 2 atom stereocenters. The third kappa shape index (κ3) is 5.58. The zero-order chi connectivity index (χ0) is 27.4. The van der Waals surface area contributed by atoms with Crippen molar-refractivity contribution in [2.75, 3.05) is 6.61 Å². The molecule has 7 heteroatoms. The van der Waals surface area contributed by atoms with Crippen LogP contribution >= 0.6 is 0 Å². The van der Waals surface area contributed by atoms with Crippen molar-refractivity contribution in [3.63, 3.8) is 0 Å². The Hall–Kier alpha value is -4.39. The van der Waals surface area contributed by atoms with Gasteiger partial charge in [0, 0.05) is 41.2 Å². The van der Waals surface area contributed by atoms with Crippen LogP contribution in [0.1, 0.15) is 49.0 Å². The van der Waals surface area contributed by atoms with Gasteiger partial charge in [0.05, 0.1) is 11.9 Å². The maximum absolute atomic E-state index is 12.8. The molecule has 1 aliphatic heterocycles. The largest absolute Gasteiger partial charge is 0.484 e. The van der Waals surface area contributed by atoms with E-state index in [0.29, 0.717) is 11.3 Å². The summed E-state index contributed by atoms with van der Waals surface area (Å²) in [6.07, 6.45) is 4.90. The molecule has 0 saturated carbocycles. The molecule has 200 valence electrons. The standard InChI is InChI=1S/C32H34N4O3/c1-22-10-9-11-23(2)36(22)30(37)21-39-26-18-16-25(17-19-26)32(38)34-33-20-28-27-14-7-8-15-29(27)35(3)31(28)24-12-5-4-6-13-24/h4-8,12-20,22-23H,9-11,21H2,1-3H3,(H,34,38)/b33-20+. The maximum atomic E-state index is 12.8. The lowest BCUT2D eigenvalue weighted by atomic mass is 9.97. The molecule has 2 amide bonds. The molecule has 1 saturated heterocycles. The second kappa shape index (κ2) is 11.6. The molecule has 1 N–H and O–H groups in total. The summed E-state index contributed by atoms with van der Waals surface area (Å²) in [5, 5.41) is 5.35. The monoisotopic (exact) mass is 522 g/mol. The highest BCUT2D eigenvalue weighted by atomic mass is 16.5. The Morgan fingerprint density at radius 2 is 1.62 bits per heavy atom. The Labute approximate surface area is 229 Å². The quantitative estimate of drug-likeness (QED) is 0.247. The number of hydrogen-bond donors (Lipinski definition) is 1. The van der Waals surface area contributed by atoms with Gasteiger partial charge in [-0.25, -0.2) is 5.43 Å². The van der Waals surface area contributed by atoms with Crippen molar-refractivity contribution in [1.29, 1.82) is 0 Å². The molecule has 0 spiro atoms. The number of likely N-dealkylation sites (tertiary alicyclic amines) is 1. The number of aromatic nitrogens is 1. The highest BCUT2D eigenvalue weighted by Crippen LogP contribution is 2.31. The van der Waals surface area contributed by atoms with E-state index in [2.05, 4.69) is 53.2 Å². The Balaban J connectivity index is 1.25. The predicted molar refractivity (Wildman–Crippen MR) is 155 cm³/mol. The molecule has 1 aliphatic rings. The molecule has 5 rings (SSSR count). The topological polar surface area (TPSA) is 75.9 Å². The van der Waals surface area contributed by atoms with E-state index in [1.165, 1.54) is 0 Å². The summed E-state index contributed by atoms with van der Waals surface area (Å²) in [6.45, 7) is 4.16. The van der Waals surface area contributed by atoms with Crippen LogP contribution in [0, 0.1) is 0 Å². The van der Waals surface area contributed by atoms with Crippen LogP contribution in [-0.4, -0.2) is 46.2 Å². The number of hydrazone groups is 1. The van der Waals surface area contributed by atoms with Crippen molar-refractivity contribution < 1.29 is 14.3 Å². The molecule has 3 aromatic carbocycles. The van der Waals surface area contributed by atoms with Crippen molar-refractivity contribution in [2.45, 2.75) is 45.2 Å². The van der Waals surface area contributed by atoms with Crippen LogP contribution < -0.4 is 10.2 Å². The number of carbonyl (C=O) groups excluding carboxylic acids is 2. The van der Waals surface area contributed by atoms with Crippen molar-refractivity contribution in [2.24, 2.45) is 12.1 Å². The fourth-order valence-corrected chi connectivity index (χ4v) is 5.55. The van der Waals surface area contributed by atoms with Crippen LogP contribution in [0.2, 0.25) is 0 Å². The number of rotatable bonds is 7. The number of benzene rings is 3. The lowest BCUT2D eigenvalue weighted by Gasteiger charge is -2.38. The first-order valence-corrected chi connectivity index (χ1v) is 13.4. The Morgan fingerprint density at radius 3 is 2.33 bits per heavy atom. The van der Waals surface area contributed by atoms with Gasteiger partial charge in [-0.15, -0.1) is 0 Å². The molecule has 1 aromatic heterocycles. The van der Waals surface area contributed by atoms with E-state index in [-0.39, 0.29) is 30.5 Å². The van der Waals surface area contributed by atoms with E-state index in [9.17, 15) is 9.59 Å². The first-order chi connectivity index (χ1) is 18.9. The van der Waals surface area contributed by atoms with E-state index in [0.717, 1.165) is 47.0 Å². The molecule has 0 aliphatic carbocycles. The van der Waals surface area contributed by atoms with Crippen LogP contribution in [0.3, 0.4) is 0 Å². The number of para-hydroxylation sites is 1. The fourth-order valence-electron chi connectivity index (χ4n) is 5.55. The molecule has 7 nitrogen and oxygen atoms in total. The number of ether oxygens (including phenoxy) is 1. The summed E-state index contributed by atoms with van der Waals surface area (Å²) >= 11 is 0. The Kier molecular flexibility index (Phi) is 7.77. The zero-order valence-corrected chi connectivity index (χ0v) is 22.6. The Morgan fingerprint density at radius 1 is 0.949 bits per heavy atom. The van der Waals surface area contributed by atoms with Gasteiger partial charge in [-0.1, -0.05) is 48.5 Å². The van der Waals surface area contributed by atoms with E-state index in [1.807, 2.05) is 42.3 Å². The van der Waals surface area contributed by atoms with Crippen LogP contribution in [0.15, 0.2) is 84.0 Å². The highest BCUT2D eigenvalue weighted by Gasteiger charge is 2.29. The summed E-state index contributed by atoms with van der Waals surface area (Å²) < 4.78 is 7.88. The van der Waals surface area contributed by atoms with Crippen LogP contribution in [0.5, 0.6) is 5.75 Å². The number of aryl methyl sites for hydroxylation is 1. The van der Waals surface area contributed by atoms with E-state index in [1.54, 1.807) is 30.5 Å². The molecule has 39 heavy (non-hydrogen) atoms. The fraction of sp³-hybridized carbons (Fsp3) is 0.281. The zero-order valence-electron chi connectivity index (χ0n) is 22.6. The minimum atomic E-state index is -0.327. The summed E-state index contributed by atoms with van der Waals surface area (Å²) in [4.78, 5) is 27.4. The van der Waals surface area contributed by atoms with Gasteiger partial charge in [-0.05, 0) is 69.0 Å². The second-order valence-electron chi connectivity index (χ2n) is 10.1. The first kappa shape index (κ1) is 26.2. The normalized spacial score (nSPS) is 17.5. The first-order valence-electron chi connectivity index (χ1n) is 13.4. The van der Waals surface area contributed by atoms with Gasteiger partial charge < -0.3 is 14.2 Å². The maximum Gasteiger partial charge on any atom is 0.271 e. The highest BCUT2D eigenvalue weighted by molar-refractivity contribution is 6.07. The molecule has 1 fully saturated rings. The lowest BCUT2D eigenvalue weighted by Crippen LogP contribution is -2.49. The minimum Gasteiger partial charge on any atom is -0.484 e. The molecular formula is C32H34N4O3. The van der Waals surface area contributed by atoms with Gasteiger partial charge in [0.1, 0.15) is 5.75 Å². The van der Waals surface area contributed by atoms with E-state index in [4.69, 9.17) is 4.74 Å². The molecule has 0 radical (unpaired) electrons. The average Bonchev–Trinajstić information content (AvgIpc) is 3.24. The Bertz CT molecular complexity index is 1480. The van der Waals surface area contributed by atoms with Gasteiger partial charge in [0.25, 0.3) is 11.8 Å². The van der Waals surface area contributed by atoms with Crippen LogP contribution in [0.4, 0.5) is 0 Å². The summed E-state index contributed by atoms with van der Waals surface area (Å²) in [6, 6.07) is 25.5. The number of fused-ring (bicyclic) bond motifs is 1. The van der Waals surface area contributed by atoms with Gasteiger partial charge in [0.2, 0.25) is 0 Å². The molecule has 2 unspecified atom stereocenters. The number of hydrogen-bond acceptors (Lipinski definition) is 4.